The maximum atomic E-state index is 12.5. The normalized spacial score (nSPS) is 40.8. The summed E-state index contributed by atoms with van der Waals surface area (Å²) in [6.45, 7) is 3.50. The number of piperidine rings is 3. The molecule has 3 saturated heterocycles. The van der Waals surface area contributed by atoms with Crippen LogP contribution >= 0.6 is 0 Å². The van der Waals surface area contributed by atoms with Crippen LogP contribution in [0.3, 0.4) is 0 Å². The van der Waals surface area contributed by atoms with Crippen molar-refractivity contribution >= 4 is 5.91 Å². The zero-order valence-corrected chi connectivity index (χ0v) is 12.3. The minimum Gasteiger partial charge on any atom is -0.491 e. The number of fused-ring (bicyclic) bond motifs is 2. The van der Waals surface area contributed by atoms with Gasteiger partial charge in [0.25, 0.3) is 5.91 Å². The first kappa shape index (κ1) is 12.7. The predicted molar refractivity (Wildman–Crippen MR) is 76.0 cm³/mol. The lowest BCUT2D eigenvalue weighted by Gasteiger charge is -2.58. The molecular weight excluding hydrogens is 252 g/mol. The standard InChI is InChI=1S/C16H24N2O2/c1-20-14-7-6-13-12-5-3-9-17-8-2-4-11(15(12)17)10-18(13)16(14)19/h7,11-13,15H,2-6,8-10H2,1H3/t11-,12+,13+,15-/m0/s1. The van der Waals surface area contributed by atoms with Gasteiger partial charge < -0.3 is 9.64 Å². The first-order chi connectivity index (χ1) is 9.79. The van der Waals surface area contributed by atoms with Crippen LogP contribution in [0.15, 0.2) is 11.8 Å². The number of methoxy groups -OCH3 is 1. The summed E-state index contributed by atoms with van der Waals surface area (Å²) in [5.74, 6) is 2.06. The van der Waals surface area contributed by atoms with Crippen LogP contribution in [0.1, 0.15) is 32.1 Å². The molecule has 0 aliphatic carbocycles. The van der Waals surface area contributed by atoms with E-state index in [0.29, 0.717) is 23.6 Å². The molecule has 0 unspecified atom stereocenters. The van der Waals surface area contributed by atoms with Crippen molar-refractivity contribution in [3.63, 3.8) is 0 Å². The van der Waals surface area contributed by atoms with Gasteiger partial charge in [-0.05, 0) is 63.1 Å². The summed E-state index contributed by atoms with van der Waals surface area (Å²) in [6.07, 6.45) is 8.19. The van der Waals surface area contributed by atoms with Gasteiger partial charge in [0.2, 0.25) is 0 Å². The van der Waals surface area contributed by atoms with Crippen molar-refractivity contribution < 1.29 is 9.53 Å². The first-order valence-corrected chi connectivity index (χ1v) is 8.09. The summed E-state index contributed by atoms with van der Waals surface area (Å²) in [6, 6.07) is 1.16. The van der Waals surface area contributed by atoms with Crippen LogP contribution in [0.25, 0.3) is 0 Å². The highest BCUT2D eigenvalue weighted by atomic mass is 16.5. The largest absolute Gasteiger partial charge is 0.491 e. The van der Waals surface area contributed by atoms with Gasteiger partial charge in [-0.1, -0.05) is 0 Å². The Bertz CT molecular complexity index is 446. The number of amides is 1. The second-order valence-electron chi connectivity index (χ2n) is 6.77. The van der Waals surface area contributed by atoms with Crippen LogP contribution in [0.4, 0.5) is 0 Å². The third kappa shape index (κ3) is 1.73. The number of hydrogen-bond acceptors (Lipinski definition) is 3. The molecule has 0 radical (unpaired) electrons. The Kier molecular flexibility index (Phi) is 3.02. The summed E-state index contributed by atoms with van der Waals surface area (Å²) < 4.78 is 5.25. The fourth-order valence-electron chi connectivity index (χ4n) is 5.16. The van der Waals surface area contributed by atoms with Crippen LogP contribution in [-0.2, 0) is 9.53 Å². The molecule has 1 amide bonds. The van der Waals surface area contributed by atoms with Crippen LogP contribution in [0.2, 0.25) is 0 Å². The van der Waals surface area contributed by atoms with Crippen LogP contribution in [-0.4, -0.2) is 54.5 Å². The molecule has 4 atom stereocenters. The molecule has 0 aromatic carbocycles. The van der Waals surface area contributed by atoms with Crippen molar-refractivity contribution in [1.82, 2.24) is 9.80 Å². The molecular formula is C16H24N2O2. The zero-order chi connectivity index (χ0) is 13.7. The molecule has 0 aromatic rings. The molecule has 0 spiro atoms. The molecule has 4 rings (SSSR count). The fourth-order valence-corrected chi connectivity index (χ4v) is 5.16. The highest BCUT2D eigenvalue weighted by Gasteiger charge is 2.50. The van der Waals surface area contributed by atoms with E-state index in [0.717, 1.165) is 19.0 Å². The van der Waals surface area contributed by atoms with Crippen LogP contribution in [0.5, 0.6) is 0 Å². The maximum Gasteiger partial charge on any atom is 0.288 e. The summed E-state index contributed by atoms with van der Waals surface area (Å²) in [4.78, 5) is 17.4. The number of nitrogens with zero attached hydrogens (tertiary/aromatic N) is 2. The summed E-state index contributed by atoms with van der Waals surface area (Å²) in [7, 11) is 1.61. The predicted octanol–water partition coefficient (Wildman–Crippen LogP) is 1.62. The number of ether oxygens (including phenoxy) is 1. The van der Waals surface area contributed by atoms with Gasteiger partial charge in [0.1, 0.15) is 0 Å². The van der Waals surface area contributed by atoms with Crippen LogP contribution < -0.4 is 0 Å². The van der Waals surface area contributed by atoms with Crippen molar-refractivity contribution in [3.8, 4) is 0 Å². The van der Waals surface area contributed by atoms with E-state index in [2.05, 4.69) is 9.80 Å². The second kappa shape index (κ2) is 4.76. The second-order valence-corrected chi connectivity index (χ2v) is 6.77. The number of carbonyl (C=O) groups excluding carboxylic acids is 1. The molecule has 110 valence electrons. The smallest absolute Gasteiger partial charge is 0.288 e. The third-order valence-electron chi connectivity index (χ3n) is 5.91. The third-order valence-corrected chi connectivity index (χ3v) is 5.91. The van der Waals surface area contributed by atoms with E-state index in [1.165, 1.54) is 38.8 Å². The maximum absolute atomic E-state index is 12.5. The Morgan fingerprint density at radius 3 is 2.85 bits per heavy atom. The lowest BCUT2D eigenvalue weighted by atomic mass is 9.68. The van der Waals surface area contributed by atoms with E-state index in [1.54, 1.807) is 7.11 Å². The lowest BCUT2D eigenvalue weighted by Crippen LogP contribution is -2.66. The van der Waals surface area contributed by atoms with Gasteiger partial charge in [0.05, 0.1) is 7.11 Å². The lowest BCUT2D eigenvalue weighted by molar-refractivity contribution is -0.146. The van der Waals surface area contributed by atoms with Crippen LogP contribution in [0, 0.1) is 11.8 Å². The van der Waals surface area contributed by atoms with Crippen molar-refractivity contribution in [3.05, 3.63) is 11.8 Å². The number of hydrogen-bond donors (Lipinski definition) is 0. The van der Waals surface area contributed by atoms with E-state index in [-0.39, 0.29) is 5.91 Å². The molecule has 0 N–H and O–H groups in total. The van der Waals surface area contributed by atoms with Crippen molar-refractivity contribution in [1.29, 1.82) is 0 Å². The number of carbonyl (C=O) groups is 1. The monoisotopic (exact) mass is 276 g/mol. The molecule has 4 aliphatic rings. The van der Waals surface area contributed by atoms with Gasteiger partial charge in [0, 0.05) is 18.6 Å². The van der Waals surface area contributed by atoms with Gasteiger partial charge in [-0.15, -0.1) is 0 Å². The molecule has 0 saturated carbocycles. The zero-order valence-electron chi connectivity index (χ0n) is 12.3. The SMILES string of the molecule is COC1=CC[C@@H]2[C@H]3CCCN4CCC[C@@H](CN2C1=O)[C@@H]34. The van der Waals surface area contributed by atoms with E-state index in [1.807, 2.05) is 6.08 Å². The van der Waals surface area contributed by atoms with E-state index in [4.69, 9.17) is 4.74 Å². The molecule has 4 heteroatoms. The Morgan fingerprint density at radius 2 is 2.05 bits per heavy atom. The Morgan fingerprint density at radius 1 is 1.25 bits per heavy atom. The minimum absolute atomic E-state index is 0.130. The highest BCUT2D eigenvalue weighted by Crippen LogP contribution is 2.44. The van der Waals surface area contributed by atoms with Crippen molar-refractivity contribution in [2.75, 3.05) is 26.7 Å². The van der Waals surface area contributed by atoms with E-state index in [9.17, 15) is 4.79 Å². The minimum atomic E-state index is 0.130. The van der Waals surface area contributed by atoms with Gasteiger partial charge >= 0.3 is 0 Å². The number of rotatable bonds is 1. The molecule has 4 nitrogen and oxygen atoms in total. The summed E-state index contributed by atoms with van der Waals surface area (Å²) in [5.41, 5.74) is 0. The average Bonchev–Trinajstić information content (AvgIpc) is 2.49. The average molecular weight is 276 g/mol. The summed E-state index contributed by atoms with van der Waals surface area (Å²) >= 11 is 0. The van der Waals surface area contributed by atoms with Crippen molar-refractivity contribution in [2.24, 2.45) is 11.8 Å². The van der Waals surface area contributed by atoms with E-state index < -0.39 is 0 Å². The molecule has 4 heterocycles. The highest BCUT2D eigenvalue weighted by molar-refractivity contribution is 5.92. The molecule has 0 aromatic heterocycles. The van der Waals surface area contributed by atoms with Gasteiger partial charge in [-0.25, -0.2) is 0 Å². The van der Waals surface area contributed by atoms with Crippen molar-refractivity contribution in [2.45, 2.75) is 44.2 Å². The summed E-state index contributed by atoms with van der Waals surface area (Å²) in [5, 5.41) is 0. The molecule has 3 fully saturated rings. The fraction of sp³-hybridized carbons (Fsp3) is 0.812. The molecule has 0 bridgehead atoms. The Hall–Kier alpha value is -1.03. The van der Waals surface area contributed by atoms with Gasteiger partial charge in [0.15, 0.2) is 5.76 Å². The quantitative estimate of drug-likeness (QED) is 0.729. The Balaban J connectivity index is 1.66. The molecule has 4 aliphatic heterocycles. The molecule has 20 heavy (non-hydrogen) atoms. The van der Waals surface area contributed by atoms with E-state index >= 15 is 0 Å². The van der Waals surface area contributed by atoms with Gasteiger partial charge in [-0.2, -0.15) is 0 Å². The van der Waals surface area contributed by atoms with Gasteiger partial charge in [-0.3, -0.25) is 9.69 Å². The Labute approximate surface area is 120 Å². The first-order valence-electron chi connectivity index (χ1n) is 8.09. The topological polar surface area (TPSA) is 32.8 Å².